The van der Waals surface area contributed by atoms with Gasteiger partial charge in [0.05, 0.1) is 4.92 Å². The topological polar surface area (TPSA) is 91.8 Å². The zero-order chi connectivity index (χ0) is 14.0. The molecule has 0 radical (unpaired) electrons. The van der Waals surface area contributed by atoms with Gasteiger partial charge in [-0.2, -0.15) is 5.26 Å². The molecule has 3 unspecified atom stereocenters. The van der Waals surface area contributed by atoms with Gasteiger partial charge in [0.25, 0.3) is 5.69 Å². The number of pyridine rings is 1. The standard InChI is InChI=1S/C13H16N4O2/c1-8-3-4-12(9(8)2)16-13-10(6-14)5-11(7-15-13)17(18)19/h5,7-9,12H,3-4H2,1-2H3,(H,15,16). The molecule has 100 valence electrons. The first kappa shape index (κ1) is 13.3. The van der Waals surface area contributed by atoms with Crippen molar-refractivity contribution in [3.63, 3.8) is 0 Å². The van der Waals surface area contributed by atoms with Crippen LogP contribution in [0.4, 0.5) is 11.5 Å². The molecule has 1 aliphatic rings. The van der Waals surface area contributed by atoms with E-state index in [9.17, 15) is 10.1 Å². The van der Waals surface area contributed by atoms with Crippen molar-refractivity contribution in [2.24, 2.45) is 11.8 Å². The van der Waals surface area contributed by atoms with Crippen LogP contribution < -0.4 is 5.32 Å². The normalized spacial score (nSPS) is 25.8. The maximum absolute atomic E-state index is 10.7. The first-order chi connectivity index (χ1) is 9.02. The van der Waals surface area contributed by atoms with Gasteiger partial charge in [-0.3, -0.25) is 10.1 Å². The quantitative estimate of drug-likeness (QED) is 0.666. The lowest BCUT2D eigenvalue weighted by Crippen LogP contribution is -2.25. The van der Waals surface area contributed by atoms with Crippen LogP contribution in [-0.2, 0) is 0 Å². The molecule has 6 heteroatoms. The third-order valence-electron chi connectivity index (χ3n) is 3.99. The van der Waals surface area contributed by atoms with E-state index in [1.807, 2.05) is 6.07 Å². The highest BCUT2D eigenvalue weighted by molar-refractivity contribution is 5.56. The van der Waals surface area contributed by atoms with Crippen LogP contribution in [0.3, 0.4) is 0 Å². The predicted molar refractivity (Wildman–Crippen MR) is 70.6 cm³/mol. The van der Waals surface area contributed by atoms with Gasteiger partial charge in [0, 0.05) is 12.1 Å². The fourth-order valence-electron chi connectivity index (χ4n) is 2.50. The van der Waals surface area contributed by atoms with Crippen LogP contribution >= 0.6 is 0 Å². The second-order valence-electron chi connectivity index (χ2n) is 5.12. The van der Waals surface area contributed by atoms with Crippen LogP contribution in [0.2, 0.25) is 0 Å². The van der Waals surface area contributed by atoms with E-state index in [0.717, 1.165) is 12.8 Å². The number of hydrogen-bond acceptors (Lipinski definition) is 5. The van der Waals surface area contributed by atoms with Crippen molar-refractivity contribution < 1.29 is 4.92 Å². The highest BCUT2D eigenvalue weighted by atomic mass is 16.6. The molecule has 1 heterocycles. The minimum absolute atomic E-state index is 0.157. The largest absolute Gasteiger partial charge is 0.366 e. The van der Waals surface area contributed by atoms with Crippen LogP contribution in [0.1, 0.15) is 32.3 Å². The van der Waals surface area contributed by atoms with Crippen molar-refractivity contribution >= 4 is 11.5 Å². The highest BCUT2D eigenvalue weighted by Crippen LogP contribution is 2.33. The van der Waals surface area contributed by atoms with Crippen molar-refractivity contribution in [1.82, 2.24) is 4.98 Å². The number of nitrogens with zero attached hydrogens (tertiary/aromatic N) is 3. The molecule has 0 amide bonds. The molecule has 1 saturated carbocycles. The molecule has 1 aromatic rings. The molecule has 0 aliphatic heterocycles. The Balaban J connectivity index is 2.21. The van der Waals surface area contributed by atoms with Gasteiger partial charge >= 0.3 is 0 Å². The van der Waals surface area contributed by atoms with E-state index in [1.54, 1.807) is 0 Å². The highest BCUT2D eigenvalue weighted by Gasteiger charge is 2.30. The number of nitrogens with one attached hydrogen (secondary N) is 1. The maximum Gasteiger partial charge on any atom is 0.289 e. The molecule has 0 spiro atoms. The monoisotopic (exact) mass is 260 g/mol. The Kier molecular flexibility index (Phi) is 3.65. The molecular formula is C13H16N4O2. The third-order valence-corrected chi connectivity index (χ3v) is 3.99. The van der Waals surface area contributed by atoms with E-state index in [4.69, 9.17) is 5.26 Å². The van der Waals surface area contributed by atoms with Crippen LogP contribution in [0.25, 0.3) is 0 Å². The molecule has 0 saturated heterocycles. The SMILES string of the molecule is CC1CCC(Nc2ncc([N+](=O)[O-])cc2C#N)C1C. The average Bonchev–Trinajstić information content (AvgIpc) is 2.71. The van der Waals surface area contributed by atoms with E-state index in [2.05, 4.69) is 24.1 Å². The molecule has 1 aliphatic carbocycles. The van der Waals surface area contributed by atoms with Gasteiger partial charge in [-0.1, -0.05) is 13.8 Å². The fraction of sp³-hybridized carbons (Fsp3) is 0.538. The van der Waals surface area contributed by atoms with Gasteiger partial charge < -0.3 is 5.32 Å². The second-order valence-corrected chi connectivity index (χ2v) is 5.12. The van der Waals surface area contributed by atoms with Gasteiger partial charge in [0.2, 0.25) is 0 Å². The number of nitro groups is 1. The molecule has 6 nitrogen and oxygen atoms in total. The third kappa shape index (κ3) is 2.65. The summed E-state index contributed by atoms with van der Waals surface area (Å²) in [4.78, 5) is 14.1. The summed E-state index contributed by atoms with van der Waals surface area (Å²) in [5.74, 6) is 1.59. The zero-order valence-electron chi connectivity index (χ0n) is 11.0. The van der Waals surface area contributed by atoms with Gasteiger partial charge in [-0.25, -0.2) is 4.98 Å². The molecule has 3 atom stereocenters. The van der Waals surface area contributed by atoms with E-state index in [-0.39, 0.29) is 17.3 Å². The predicted octanol–water partition coefficient (Wildman–Crippen LogP) is 2.71. The lowest BCUT2D eigenvalue weighted by molar-refractivity contribution is -0.385. The van der Waals surface area contributed by atoms with Crippen LogP contribution in [0.15, 0.2) is 12.3 Å². The fourth-order valence-corrected chi connectivity index (χ4v) is 2.50. The zero-order valence-corrected chi connectivity index (χ0v) is 11.0. The lowest BCUT2D eigenvalue weighted by atomic mass is 9.98. The Hall–Kier alpha value is -2.16. The minimum Gasteiger partial charge on any atom is -0.366 e. The molecule has 0 aromatic carbocycles. The average molecular weight is 260 g/mol. The smallest absolute Gasteiger partial charge is 0.289 e. The number of anilines is 1. The minimum atomic E-state index is -0.544. The van der Waals surface area contributed by atoms with E-state index in [0.29, 0.717) is 17.7 Å². The van der Waals surface area contributed by atoms with Gasteiger partial charge in [-0.15, -0.1) is 0 Å². The molecule has 1 aromatic heterocycles. The van der Waals surface area contributed by atoms with E-state index < -0.39 is 4.92 Å². The van der Waals surface area contributed by atoms with Gasteiger partial charge in [-0.05, 0) is 24.7 Å². The first-order valence-electron chi connectivity index (χ1n) is 6.34. The van der Waals surface area contributed by atoms with Gasteiger partial charge in [0.15, 0.2) is 0 Å². The lowest BCUT2D eigenvalue weighted by Gasteiger charge is -2.20. The summed E-state index contributed by atoms with van der Waals surface area (Å²) in [7, 11) is 0. The number of hydrogen-bond donors (Lipinski definition) is 1. The molecule has 0 bridgehead atoms. The second kappa shape index (κ2) is 5.22. The Labute approximate surface area is 111 Å². The van der Waals surface area contributed by atoms with Crippen molar-refractivity contribution in [3.8, 4) is 6.07 Å². The summed E-state index contributed by atoms with van der Waals surface area (Å²) in [5.41, 5.74) is 0.0656. The van der Waals surface area contributed by atoms with Crippen molar-refractivity contribution in [2.75, 3.05) is 5.32 Å². The Morgan fingerprint density at radius 2 is 2.26 bits per heavy atom. The molecule has 19 heavy (non-hydrogen) atoms. The summed E-state index contributed by atoms with van der Waals surface area (Å²) in [6, 6.07) is 3.50. The Morgan fingerprint density at radius 3 is 2.79 bits per heavy atom. The van der Waals surface area contributed by atoms with Crippen LogP contribution in [0.5, 0.6) is 0 Å². The number of aromatic nitrogens is 1. The van der Waals surface area contributed by atoms with E-state index in [1.165, 1.54) is 12.3 Å². The summed E-state index contributed by atoms with van der Waals surface area (Å²) < 4.78 is 0. The molecule has 2 rings (SSSR count). The maximum atomic E-state index is 10.7. The molecule has 1 N–H and O–H groups in total. The number of rotatable bonds is 3. The summed E-state index contributed by atoms with van der Waals surface area (Å²) in [5, 5.41) is 23.0. The number of nitriles is 1. The van der Waals surface area contributed by atoms with Crippen LogP contribution in [0, 0.1) is 33.3 Å². The molecular weight excluding hydrogens is 244 g/mol. The van der Waals surface area contributed by atoms with Crippen molar-refractivity contribution in [3.05, 3.63) is 27.9 Å². The Bertz CT molecular complexity index is 538. The van der Waals surface area contributed by atoms with E-state index >= 15 is 0 Å². The van der Waals surface area contributed by atoms with Crippen molar-refractivity contribution in [2.45, 2.75) is 32.7 Å². The first-order valence-corrected chi connectivity index (χ1v) is 6.34. The molecule has 1 fully saturated rings. The van der Waals surface area contributed by atoms with Gasteiger partial charge in [0.1, 0.15) is 23.6 Å². The summed E-state index contributed by atoms with van der Waals surface area (Å²) in [6.45, 7) is 4.38. The van der Waals surface area contributed by atoms with Crippen molar-refractivity contribution in [1.29, 1.82) is 5.26 Å². The summed E-state index contributed by atoms with van der Waals surface area (Å²) in [6.07, 6.45) is 3.37. The summed E-state index contributed by atoms with van der Waals surface area (Å²) >= 11 is 0. The van der Waals surface area contributed by atoms with Crippen LogP contribution in [-0.4, -0.2) is 15.9 Å². The Morgan fingerprint density at radius 1 is 1.53 bits per heavy atom.